The first-order chi connectivity index (χ1) is 34.1. The van der Waals surface area contributed by atoms with Gasteiger partial charge in [0.05, 0.1) is 16.7 Å². The molecule has 0 fully saturated rings. The van der Waals surface area contributed by atoms with Gasteiger partial charge in [0, 0.05) is 33.1 Å². The van der Waals surface area contributed by atoms with Crippen LogP contribution in [0.15, 0.2) is 241 Å². The maximum absolute atomic E-state index is 9.87. The Morgan fingerprint density at radius 1 is 0.339 bits per heavy atom. The Bertz CT molecular complexity index is 4060. The molecule has 0 N–H and O–H groups in total. The lowest BCUT2D eigenvalue weighted by Gasteiger charge is -2.28. The zero-order chi connectivity index (χ0) is 47.9. The van der Waals surface area contributed by atoms with Crippen LogP contribution in [0.4, 0.5) is 17.1 Å². The van der Waals surface area contributed by atoms with Gasteiger partial charge in [-0.15, -0.1) is 0 Å². The van der Waals surface area contributed by atoms with Crippen molar-refractivity contribution in [1.82, 2.24) is 0 Å². The minimum Gasteiger partial charge on any atom is -0.455 e. The third kappa shape index (κ3) is 6.04. The molecule has 0 saturated heterocycles. The second kappa shape index (κ2) is 14.8. The summed E-state index contributed by atoms with van der Waals surface area (Å²) in [4.78, 5) is 1.40. The molecule has 62 heavy (non-hydrogen) atoms. The summed E-state index contributed by atoms with van der Waals surface area (Å²) in [5.41, 5.74) is 5.63. The molecule has 0 radical (unpaired) electrons. The summed E-state index contributed by atoms with van der Waals surface area (Å²) in [6.07, 6.45) is 0. The topological polar surface area (TPSA) is 16.4 Å². The zero-order valence-corrected chi connectivity index (χ0v) is 33.3. The van der Waals surface area contributed by atoms with E-state index in [9.17, 15) is 11.0 Å². The number of hydrogen-bond acceptors (Lipinski definition) is 2. The highest BCUT2D eigenvalue weighted by molar-refractivity contribution is 6.22. The van der Waals surface area contributed by atoms with Crippen LogP contribution in [0.1, 0.15) is 11.0 Å². The predicted octanol–water partition coefficient (Wildman–Crippen LogP) is 17.2. The third-order valence-electron chi connectivity index (χ3n) is 11.8. The van der Waals surface area contributed by atoms with Crippen LogP contribution in [0.25, 0.3) is 98.8 Å². The fourth-order valence-electron chi connectivity index (χ4n) is 8.87. The molecule has 1 heterocycles. The van der Waals surface area contributed by atoms with E-state index in [1.165, 1.54) is 4.90 Å². The van der Waals surface area contributed by atoms with Crippen molar-refractivity contribution in [3.8, 4) is 44.5 Å². The van der Waals surface area contributed by atoms with Gasteiger partial charge < -0.3 is 9.32 Å². The first-order valence-electron chi connectivity index (χ1n) is 24.6. The van der Waals surface area contributed by atoms with Crippen molar-refractivity contribution in [2.45, 2.75) is 0 Å². The Morgan fingerprint density at radius 3 is 1.50 bits per heavy atom. The zero-order valence-electron chi connectivity index (χ0n) is 41.3. The number of rotatable bonds is 7. The standard InChI is InChI=1S/C60H39NO/c1-4-18-49-42(13-1)16-11-23-51(49)44-29-27-40(28-30-44)41-31-35-47(36-32-41)61(48-37-33-45(34-38-48)52-24-12-17-43-14-2-5-19-50(43)52)57-25-9-7-21-54(57)56-39-46-15-3-6-20-53(46)60-59(56)55-22-8-10-26-58(55)62-60/h1-39H/i31D,32D,33D,34D,35D,36D,37D,38D. The van der Waals surface area contributed by atoms with Crippen LogP contribution in [-0.4, -0.2) is 0 Å². The van der Waals surface area contributed by atoms with Gasteiger partial charge in [-0.25, -0.2) is 0 Å². The lowest BCUT2D eigenvalue weighted by atomic mass is 9.93. The van der Waals surface area contributed by atoms with Gasteiger partial charge in [0.15, 0.2) is 0 Å². The molecular formula is C60H39NO. The van der Waals surface area contributed by atoms with Gasteiger partial charge in [0.2, 0.25) is 0 Å². The first kappa shape index (κ1) is 28.3. The second-order valence-electron chi connectivity index (χ2n) is 15.4. The Labute approximate surface area is 371 Å². The van der Waals surface area contributed by atoms with Gasteiger partial charge in [-0.2, -0.15) is 0 Å². The molecule has 0 aliphatic carbocycles. The van der Waals surface area contributed by atoms with Crippen LogP contribution in [0.2, 0.25) is 0 Å². The number of anilines is 3. The van der Waals surface area contributed by atoms with E-state index in [0.717, 1.165) is 59.8 Å². The van der Waals surface area contributed by atoms with E-state index in [1.807, 2.05) is 146 Å². The monoisotopic (exact) mass is 797 g/mol. The Hall–Kier alpha value is -8.20. The molecule has 0 aliphatic heterocycles. The first-order valence-corrected chi connectivity index (χ1v) is 20.6. The Kier molecular flexibility index (Phi) is 6.76. The largest absolute Gasteiger partial charge is 0.455 e. The maximum atomic E-state index is 9.87. The van der Waals surface area contributed by atoms with Crippen LogP contribution in [0.3, 0.4) is 0 Å². The van der Waals surface area contributed by atoms with E-state index in [4.69, 9.17) is 4.42 Å². The third-order valence-corrected chi connectivity index (χ3v) is 11.8. The maximum Gasteiger partial charge on any atom is 0.143 e. The van der Waals surface area contributed by atoms with Crippen LogP contribution in [-0.2, 0) is 0 Å². The summed E-state index contributed by atoms with van der Waals surface area (Å²) in [6, 6.07) is 56.9. The number of para-hydroxylation sites is 2. The highest BCUT2D eigenvalue weighted by atomic mass is 16.3. The van der Waals surface area contributed by atoms with E-state index in [2.05, 4.69) is 24.3 Å². The summed E-state index contributed by atoms with van der Waals surface area (Å²) in [5.74, 6) is 0. The molecule has 12 rings (SSSR count). The van der Waals surface area contributed by atoms with E-state index >= 15 is 0 Å². The average molecular weight is 798 g/mol. The lowest BCUT2D eigenvalue weighted by Crippen LogP contribution is -2.11. The van der Waals surface area contributed by atoms with Gasteiger partial charge in [0.25, 0.3) is 0 Å². The van der Waals surface area contributed by atoms with Crippen LogP contribution >= 0.6 is 0 Å². The summed E-state index contributed by atoms with van der Waals surface area (Å²) >= 11 is 0. The normalized spacial score (nSPS) is 13.4. The number of fused-ring (bicyclic) bond motifs is 7. The van der Waals surface area contributed by atoms with Crippen molar-refractivity contribution >= 4 is 71.3 Å². The Morgan fingerprint density at radius 2 is 0.823 bits per heavy atom. The summed E-state index contributed by atoms with van der Waals surface area (Å²) in [5, 5.41) is 7.24. The van der Waals surface area contributed by atoms with Crippen LogP contribution in [0, 0.1) is 0 Å². The molecule has 0 bridgehead atoms. The molecule has 0 spiro atoms. The fraction of sp³-hybridized carbons (Fsp3) is 0. The highest BCUT2D eigenvalue weighted by Gasteiger charge is 2.22. The molecule has 0 aliphatic rings. The lowest BCUT2D eigenvalue weighted by molar-refractivity contribution is 0.673. The van der Waals surface area contributed by atoms with Crippen molar-refractivity contribution in [2.24, 2.45) is 0 Å². The van der Waals surface area contributed by atoms with E-state index < -0.39 is 24.2 Å². The number of nitrogens with zero attached hydrogens (tertiary/aromatic N) is 1. The number of benzene rings is 11. The number of furan rings is 1. The minimum absolute atomic E-state index is 0.0865. The van der Waals surface area contributed by atoms with Crippen molar-refractivity contribution < 1.29 is 15.4 Å². The quantitative estimate of drug-likeness (QED) is 0.160. The predicted molar refractivity (Wildman–Crippen MR) is 263 cm³/mol. The van der Waals surface area contributed by atoms with Crippen LogP contribution < -0.4 is 4.90 Å². The van der Waals surface area contributed by atoms with E-state index in [0.29, 0.717) is 33.5 Å². The molecule has 1 aromatic heterocycles. The van der Waals surface area contributed by atoms with Crippen molar-refractivity contribution in [2.75, 3.05) is 4.90 Å². The summed E-state index contributed by atoms with van der Waals surface area (Å²) in [6.45, 7) is 0. The molecule has 290 valence electrons. The van der Waals surface area contributed by atoms with Gasteiger partial charge in [-0.3, -0.25) is 0 Å². The van der Waals surface area contributed by atoms with Gasteiger partial charge in [-0.05, 0) is 108 Å². The molecule has 11 aromatic carbocycles. The molecule has 0 amide bonds. The van der Waals surface area contributed by atoms with Gasteiger partial charge >= 0.3 is 0 Å². The molecule has 0 unspecified atom stereocenters. The van der Waals surface area contributed by atoms with Crippen molar-refractivity contribution in [3.05, 3.63) is 236 Å². The van der Waals surface area contributed by atoms with E-state index in [1.54, 1.807) is 18.2 Å². The van der Waals surface area contributed by atoms with Gasteiger partial charge in [0.1, 0.15) is 11.2 Å². The van der Waals surface area contributed by atoms with Crippen LogP contribution in [0.5, 0.6) is 0 Å². The van der Waals surface area contributed by atoms with Crippen molar-refractivity contribution in [3.63, 3.8) is 0 Å². The average Bonchev–Trinajstić information content (AvgIpc) is 3.80. The van der Waals surface area contributed by atoms with Gasteiger partial charge in [-0.1, -0.05) is 194 Å². The van der Waals surface area contributed by atoms with E-state index in [-0.39, 0.29) is 46.7 Å². The molecule has 0 saturated carbocycles. The minimum atomic E-state index is -0.420. The molecule has 2 heteroatoms. The molecule has 0 atom stereocenters. The fourth-order valence-corrected chi connectivity index (χ4v) is 8.87. The highest BCUT2D eigenvalue weighted by Crippen LogP contribution is 2.47. The summed E-state index contributed by atoms with van der Waals surface area (Å²) < 4.78 is 84.7. The number of hydrogen-bond donors (Lipinski definition) is 0. The Balaban J connectivity index is 1.12. The molecule has 12 aromatic rings. The molecule has 2 nitrogen and oxygen atoms in total. The smallest absolute Gasteiger partial charge is 0.143 e. The molecular weight excluding hydrogens is 751 g/mol. The SMILES string of the molecule is [2H]c1c([2H])c(N(c2ccccc2-c2cc3ccccc3c3oc4ccccc4c23)c2c([2H])c([2H])c(-c3cccc4ccccc34)c([2H])c2[2H])c([2H])c([2H])c1-c1ccc(-c2cccc3ccccc23)cc1. The second-order valence-corrected chi connectivity index (χ2v) is 15.4. The summed E-state index contributed by atoms with van der Waals surface area (Å²) in [7, 11) is 0. The van der Waals surface area contributed by atoms with Crippen molar-refractivity contribution in [1.29, 1.82) is 0 Å².